The van der Waals surface area contributed by atoms with Gasteiger partial charge in [-0.05, 0) is 25.7 Å². The van der Waals surface area contributed by atoms with E-state index in [-0.39, 0.29) is 0 Å². The summed E-state index contributed by atoms with van der Waals surface area (Å²) < 4.78 is 5.25. The number of ether oxygens (including phenoxy) is 1. The number of aliphatic imine (C=N–C) groups is 1. The van der Waals surface area contributed by atoms with Crippen LogP contribution in [0.25, 0.3) is 0 Å². The van der Waals surface area contributed by atoms with Gasteiger partial charge in [-0.1, -0.05) is 11.8 Å². The number of nitrogens with one attached hydrogen (secondary N) is 1. The monoisotopic (exact) mass is 214 g/mol. The van der Waals surface area contributed by atoms with Gasteiger partial charge >= 0.3 is 0 Å². The van der Waals surface area contributed by atoms with E-state index in [1.54, 1.807) is 0 Å². The molecule has 14 heavy (non-hydrogen) atoms. The van der Waals surface area contributed by atoms with Gasteiger partial charge in [0.1, 0.15) is 0 Å². The minimum atomic E-state index is 0.768. The molecular weight excluding hydrogens is 196 g/mol. The molecule has 0 aromatic rings. The second kappa shape index (κ2) is 5.03. The van der Waals surface area contributed by atoms with Crippen LogP contribution in [0.4, 0.5) is 0 Å². The van der Waals surface area contributed by atoms with Crippen molar-refractivity contribution >= 4 is 16.9 Å². The van der Waals surface area contributed by atoms with E-state index in [1.807, 2.05) is 18.7 Å². The summed E-state index contributed by atoms with van der Waals surface area (Å²) >= 11 is 1.92. The summed E-state index contributed by atoms with van der Waals surface area (Å²) in [5.74, 6) is 0.954. The molecule has 0 aromatic heterocycles. The van der Waals surface area contributed by atoms with Crippen molar-refractivity contribution in [3.05, 3.63) is 0 Å². The number of hydrogen-bond donors (Lipinski definition) is 1. The standard InChI is InChI=1S/C10H18N2OS/c1-2-13-6-5-11-10-12-7-9(14-10)8-3-4-8/h8-9H,2-7H2,1H3,(H,11,12). The molecule has 2 aliphatic rings. The summed E-state index contributed by atoms with van der Waals surface area (Å²) in [6, 6.07) is 0. The van der Waals surface area contributed by atoms with Gasteiger partial charge in [0.15, 0.2) is 5.17 Å². The van der Waals surface area contributed by atoms with Gasteiger partial charge in [-0.15, -0.1) is 0 Å². The minimum Gasteiger partial charge on any atom is -0.380 e. The normalized spacial score (nSPS) is 26.4. The molecule has 1 fully saturated rings. The van der Waals surface area contributed by atoms with E-state index in [4.69, 9.17) is 4.74 Å². The lowest BCUT2D eigenvalue weighted by atomic mass is 10.3. The molecule has 1 unspecified atom stereocenters. The maximum Gasteiger partial charge on any atom is 0.157 e. The van der Waals surface area contributed by atoms with Crippen molar-refractivity contribution in [2.75, 3.05) is 26.3 Å². The molecule has 1 saturated carbocycles. The molecule has 2 rings (SSSR count). The summed E-state index contributed by atoms with van der Waals surface area (Å²) in [6.07, 6.45) is 2.83. The van der Waals surface area contributed by atoms with Gasteiger partial charge < -0.3 is 10.1 Å². The summed E-state index contributed by atoms with van der Waals surface area (Å²) in [6.45, 7) is 5.50. The van der Waals surface area contributed by atoms with Crippen molar-refractivity contribution in [2.45, 2.75) is 25.0 Å². The average Bonchev–Trinajstić information content (AvgIpc) is 2.94. The average molecular weight is 214 g/mol. The zero-order chi connectivity index (χ0) is 9.80. The Kier molecular flexibility index (Phi) is 3.70. The summed E-state index contributed by atoms with van der Waals surface area (Å²) in [4.78, 5) is 4.49. The van der Waals surface area contributed by atoms with E-state index in [2.05, 4.69) is 10.3 Å². The first kappa shape index (κ1) is 10.3. The summed E-state index contributed by atoms with van der Waals surface area (Å²) in [7, 11) is 0. The van der Waals surface area contributed by atoms with Crippen LogP contribution in [0.1, 0.15) is 19.8 Å². The number of hydrogen-bond acceptors (Lipinski definition) is 4. The highest BCUT2D eigenvalue weighted by Gasteiger charge is 2.35. The van der Waals surface area contributed by atoms with Crippen molar-refractivity contribution in [1.82, 2.24) is 5.32 Å². The zero-order valence-electron chi connectivity index (χ0n) is 8.66. The SMILES string of the molecule is CCOCCNC1=NCC(C2CC2)S1. The molecule has 4 heteroatoms. The molecule has 1 heterocycles. The lowest BCUT2D eigenvalue weighted by Crippen LogP contribution is -2.24. The first-order chi connectivity index (χ1) is 6.90. The predicted molar refractivity (Wildman–Crippen MR) is 60.9 cm³/mol. The number of thioether (sulfide) groups is 1. The summed E-state index contributed by atoms with van der Waals surface area (Å²) in [5.41, 5.74) is 0. The zero-order valence-corrected chi connectivity index (χ0v) is 9.48. The number of amidine groups is 1. The molecule has 0 amide bonds. The Hall–Kier alpha value is -0.220. The first-order valence-corrected chi connectivity index (χ1v) is 6.31. The molecule has 1 atom stereocenters. The minimum absolute atomic E-state index is 0.768. The fourth-order valence-electron chi connectivity index (χ4n) is 1.58. The van der Waals surface area contributed by atoms with Crippen LogP contribution in [0.3, 0.4) is 0 Å². The van der Waals surface area contributed by atoms with Gasteiger partial charge in [-0.25, -0.2) is 0 Å². The van der Waals surface area contributed by atoms with Gasteiger partial charge in [-0.3, -0.25) is 4.99 Å². The third kappa shape index (κ3) is 2.89. The molecule has 0 bridgehead atoms. The van der Waals surface area contributed by atoms with Crippen molar-refractivity contribution in [1.29, 1.82) is 0 Å². The lowest BCUT2D eigenvalue weighted by Gasteiger charge is -2.07. The molecule has 1 N–H and O–H groups in total. The fourth-order valence-corrected chi connectivity index (χ4v) is 2.81. The number of rotatable bonds is 5. The highest BCUT2D eigenvalue weighted by atomic mass is 32.2. The molecule has 1 aliphatic carbocycles. The Balaban J connectivity index is 1.58. The van der Waals surface area contributed by atoms with Crippen molar-refractivity contribution in [3.63, 3.8) is 0 Å². The maximum atomic E-state index is 5.25. The van der Waals surface area contributed by atoms with Crippen molar-refractivity contribution in [3.8, 4) is 0 Å². The van der Waals surface area contributed by atoms with Crippen molar-refractivity contribution < 1.29 is 4.74 Å². The second-order valence-electron chi connectivity index (χ2n) is 3.76. The smallest absolute Gasteiger partial charge is 0.157 e. The Morgan fingerprint density at radius 2 is 2.43 bits per heavy atom. The van der Waals surface area contributed by atoms with Crippen LogP contribution < -0.4 is 5.32 Å². The van der Waals surface area contributed by atoms with Crippen LogP contribution in [-0.2, 0) is 4.74 Å². The third-order valence-electron chi connectivity index (χ3n) is 2.55. The van der Waals surface area contributed by atoms with Crippen LogP contribution in [-0.4, -0.2) is 36.7 Å². The second-order valence-corrected chi connectivity index (χ2v) is 4.99. The molecule has 0 saturated heterocycles. The van der Waals surface area contributed by atoms with E-state index in [9.17, 15) is 0 Å². The van der Waals surface area contributed by atoms with Crippen molar-refractivity contribution in [2.24, 2.45) is 10.9 Å². The van der Waals surface area contributed by atoms with Crippen LogP contribution >= 0.6 is 11.8 Å². The molecule has 0 aromatic carbocycles. The van der Waals surface area contributed by atoms with Gasteiger partial charge in [0.2, 0.25) is 0 Å². The van der Waals surface area contributed by atoms with Gasteiger partial charge in [0.25, 0.3) is 0 Å². The lowest BCUT2D eigenvalue weighted by molar-refractivity contribution is 0.153. The maximum absolute atomic E-state index is 5.25. The van der Waals surface area contributed by atoms with Crippen LogP contribution in [0.15, 0.2) is 4.99 Å². The van der Waals surface area contributed by atoms with Crippen LogP contribution in [0, 0.1) is 5.92 Å². The van der Waals surface area contributed by atoms with E-state index in [0.717, 1.165) is 42.6 Å². The molecule has 3 nitrogen and oxygen atoms in total. The predicted octanol–water partition coefficient (Wildman–Crippen LogP) is 1.49. The van der Waals surface area contributed by atoms with Crippen LogP contribution in [0.2, 0.25) is 0 Å². The Morgan fingerprint density at radius 1 is 1.57 bits per heavy atom. The highest BCUT2D eigenvalue weighted by Crippen LogP contribution is 2.41. The van der Waals surface area contributed by atoms with E-state index in [0.29, 0.717) is 0 Å². The molecule has 0 radical (unpaired) electrons. The van der Waals surface area contributed by atoms with Gasteiger partial charge in [0, 0.05) is 18.4 Å². The fraction of sp³-hybridized carbons (Fsp3) is 0.900. The molecule has 80 valence electrons. The van der Waals surface area contributed by atoms with Gasteiger partial charge in [0.05, 0.1) is 13.2 Å². The molecular formula is C10H18N2OS. The third-order valence-corrected chi connectivity index (χ3v) is 3.89. The quantitative estimate of drug-likeness (QED) is 0.704. The first-order valence-electron chi connectivity index (χ1n) is 5.43. The van der Waals surface area contributed by atoms with E-state index >= 15 is 0 Å². The molecule has 1 aliphatic heterocycles. The Labute approximate surface area is 89.7 Å². The van der Waals surface area contributed by atoms with Crippen LogP contribution in [0.5, 0.6) is 0 Å². The topological polar surface area (TPSA) is 33.6 Å². The van der Waals surface area contributed by atoms with E-state index < -0.39 is 0 Å². The van der Waals surface area contributed by atoms with Gasteiger partial charge in [-0.2, -0.15) is 0 Å². The Morgan fingerprint density at radius 3 is 3.14 bits per heavy atom. The van der Waals surface area contributed by atoms with E-state index in [1.165, 1.54) is 12.8 Å². The largest absolute Gasteiger partial charge is 0.380 e. The Bertz CT molecular complexity index is 216. The highest BCUT2D eigenvalue weighted by molar-refractivity contribution is 8.14. The molecule has 0 spiro atoms. The number of nitrogens with zero attached hydrogens (tertiary/aromatic N) is 1. The summed E-state index contributed by atoms with van der Waals surface area (Å²) in [5, 5.41) is 5.21.